The molecule has 7 heteroatoms. The SMILES string of the molecule is CN1CN(c2cccc(-c3nc(-c4ccc5c6ccccc6n(-c6cc(C(C)(C)C)ccn6)c5c4)nc(-c4c(-c5ccccc5)cccc4-c4ccccc4)n3)c2)c2ccccc21. The second-order valence-corrected chi connectivity index (χ2v) is 17.3. The molecule has 0 saturated carbocycles. The van der Waals surface area contributed by atoms with Gasteiger partial charge in [-0.3, -0.25) is 4.57 Å². The highest BCUT2D eigenvalue weighted by atomic mass is 15.4. The van der Waals surface area contributed by atoms with Crippen LogP contribution in [0, 0.1) is 0 Å². The van der Waals surface area contributed by atoms with Gasteiger partial charge in [-0.2, -0.15) is 0 Å². The number of pyridine rings is 1. The molecule has 0 unspecified atom stereocenters. The van der Waals surface area contributed by atoms with Gasteiger partial charge in [-0.05, 0) is 81.8 Å². The summed E-state index contributed by atoms with van der Waals surface area (Å²) in [5.74, 6) is 2.66. The van der Waals surface area contributed by atoms with Crippen molar-refractivity contribution < 1.29 is 0 Å². The number of rotatable bonds is 7. The fourth-order valence-electron chi connectivity index (χ4n) is 9.03. The third-order valence-electron chi connectivity index (χ3n) is 12.2. The lowest BCUT2D eigenvalue weighted by Gasteiger charge is -2.20. The van der Waals surface area contributed by atoms with Crippen LogP contribution in [0.2, 0.25) is 0 Å². The van der Waals surface area contributed by atoms with Crippen LogP contribution in [0.5, 0.6) is 0 Å². The van der Waals surface area contributed by atoms with E-state index in [9.17, 15) is 0 Å². The summed E-state index contributed by atoms with van der Waals surface area (Å²) in [5.41, 5.74) is 13.7. The van der Waals surface area contributed by atoms with Gasteiger partial charge in [0.1, 0.15) is 5.82 Å². The Kier molecular flexibility index (Phi) is 9.20. The minimum Gasteiger partial charge on any atom is -0.355 e. The van der Waals surface area contributed by atoms with Gasteiger partial charge in [-0.25, -0.2) is 19.9 Å². The average Bonchev–Trinajstić information content (AvgIpc) is 3.85. The lowest BCUT2D eigenvalue weighted by molar-refractivity contribution is 0.588. The van der Waals surface area contributed by atoms with Crippen LogP contribution in [0.3, 0.4) is 0 Å². The summed E-state index contributed by atoms with van der Waals surface area (Å²) < 4.78 is 2.28. The standard InChI is InChI=1S/C56H45N7/c1-56(2,3)41-31-32-57-51(35-41)63-47-26-12-11-23-45(47)46-30-29-40(34-50(46)63)54-58-53(39-21-15-22-42(33-39)62-36-61(4)48-27-13-14-28-49(48)62)59-55(60-54)52-43(37-17-7-5-8-18-37)24-16-25-44(52)38-19-9-6-10-20-38/h5-35H,36H2,1-4H3. The first-order chi connectivity index (χ1) is 30.8. The molecule has 1 aliphatic heterocycles. The van der Waals surface area contributed by atoms with Crippen molar-refractivity contribution in [3.05, 3.63) is 194 Å². The van der Waals surface area contributed by atoms with Gasteiger partial charge in [0.15, 0.2) is 17.5 Å². The Labute approximate surface area is 367 Å². The van der Waals surface area contributed by atoms with E-state index in [-0.39, 0.29) is 5.41 Å². The number of hydrogen-bond acceptors (Lipinski definition) is 6. The summed E-state index contributed by atoms with van der Waals surface area (Å²) in [6.45, 7) is 7.46. The van der Waals surface area contributed by atoms with Gasteiger partial charge >= 0.3 is 0 Å². The van der Waals surface area contributed by atoms with Crippen molar-refractivity contribution in [1.82, 2.24) is 24.5 Å². The summed E-state index contributed by atoms with van der Waals surface area (Å²) in [6.07, 6.45) is 1.92. The van der Waals surface area contributed by atoms with Gasteiger partial charge in [0.25, 0.3) is 0 Å². The molecular weight excluding hydrogens is 771 g/mol. The molecule has 0 fully saturated rings. The molecule has 0 N–H and O–H groups in total. The molecule has 7 nitrogen and oxygen atoms in total. The minimum atomic E-state index is -0.0423. The van der Waals surface area contributed by atoms with Crippen molar-refractivity contribution in [3.8, 4) is 62.2 Å². The third kappa shape index (κ3) is 6.79. The van der Waals surface area contributed by atoms with Gasteiger partial charge in [0.05, 0.1) is 29.1 Å². The predicted octanol–water partition coefficient (Wildman–Crippen LogP) is 13.5. The van der Waals surface area contributed by atoms with E-state index in [0.29, 0.717) is 17.5 Å². The molecule has 0 aliphatic carbocycles. The molecular formula is C56H45N7. The van der Waals surface area contributed by atoms with E-state index in [1.807, 2.05) is 6.20 Å². The molecule has 1 aliphatic rings. The summed E-state index contributed by atoms with van der Waals surface area (Å²) in [6, 6.07) is 64.1. The van der Waals surface area contributed by atoms with Crippen molar-refractivity contribution in [3.63, 3.8) is 0 Å². The van der Waals surface area contributed by atoms with E-state index >= 15 is 0 Å². The van der Waals surface area contributed by atoms with E-state index in [1.54, 1.807) is 0 Å². The zero-order valence-electron chi connectivity index (χ0n) is 35.7. The molecule has 304 valence electrons. The minimum absolute atomic E-state index is 0.0423. The van der Waals surface area contributed by atoms with Crippen LogP contribution < -0.4 is 9.80 Å². The summed E-state index contributed by atoms with van der Waals surface area (Å²) in [4.78, 5) is 25.8. The zero-order chi connectivity index (χ0) is 42.7. The maximum Gasteiger partial charge on any atom is 0.165 e. The van der Waals surface area contributed by atoms with Gasteiger partial charge < -0.3 is 9.80 Å². The number of benzene rings is 7. The first kappa shape index (κ1) is 38.1. The van der Waals surface area contributed by atoms with Crippen molar-refractivity contribution in [1.29, 1.82) is 0 Å². The number of aromatic nitrogens is 5. The molecule has 0 atom stereocenters. The van der Waals surface area contributed by atoms with Crippen LogP contribution in [0.15, 0.2) is 188 Å². The molecule has 0 bridgehead atoms. The highest BCUT2D eigenvalue weighted by Crippen LogP contribution is 2.43. The number of nitrogens with zero attached hydrogens (tertiary/aromatic N) is 7. The molecule has 0 radical (unpaired) electrons. The van der Waals surface area contributed by atoms with Crippen LogP contribution >= 0.6 is 0 Å². The van der Waals surface area contributed by atoms with Crippen molar-refractivity contribution >= 4 is 38.9 Å². The normalized spacial score (nSPS) is 12.6. The molecule has 0 spiro atoms. The highest BCUT2D eigenvalue weighted by molar-refractivity contribution is 6.10. The Morgan fingerprint density at radius 1 is 0.476 bits per heavy atom. The zero-order valence-corrected chi connectivity index (χ0v) is 35.7. The number of hydrogen-bond donors (Lipinski definition) is 0. The molecule has 4 heterocycles. The van der Waals surface area contributed by atoms with Crippen molar-refractivity contribution in [2.75, 3.05) is 23.5 Å². The van der Waals surface area contributed by atoms with Crippen LogP contribution in [0.1, 0.15) is 26.3 Å². The monoisotopic (exact) mass is 815 g/mol. The molecule has 3 aromatic heterocycles. The summed E-state index contributed by atoms with van der Waals surface area (Å²) in [5, 5.41) is 2.30. The Hall–Kier alpha value is -7.90. The van der Waals surface area contributed by atoms with E-state index < -0.39 is 0 Å². The fraction of sp³-hybridized carbons (Fsp3) is 0.107. The average molecular weight is 816 g/mol. The molecule has 7 aromatic carbocycles. The Morgan fingerprint density at radius 3 is 1.78 bits per heavy atom. The molecule has 63 heavy (non-hydrogen) atoms. The third-order valence-corrected chi connectivity index (χ3v) is 12.2. The van der Waals surface area contributed by atoms with Gasteiger partial charge in [-0.1, -0.05) is 154 Å². The van der Waals surface area contributed by atoms with E-state index in [1.165, 1.54) is 16.9 Å². The van der Waals surface area contributed by atoms with E-state index in [4.69, 9.17) is 19.9 Å². The Morgan fingerprint density at radius 2 is 1.06 bits per heavy atom. The highest BCUT2D eigenvalue weighted by Gasteiger charge is 2.26. The lowest BCUT2D eigenvalue weighted by Crippen LogP contribution is -2.23. The molecule has 11 rings (SSSR count). The maximum absolute atomic E-state index is 5.46. The van der Waals surface area contributed by atoms with Crippen LogP contribution in [-0.2, 0) is 5.41 Å². The first-order valence-electron chi connectivity index (χ1n) is 21.5. The van der Waals surface area contributed by atoms with E-state index in [2.05, 4.69) is 224 Å². The summed E-state index contributed by atoms with van der Waals surface area (Å²) >= 11 is 0. The van der Waals surface area contributed by atoms with Gasteiger partial charge in [-0.15, -0.1) is 0 Å². The van der Waals surface area contributed by atoms with Crippen LogP contribution in [0.4, 0.5) is 17.1 Å². The summed E-state index contributed by atoms with van der Waals surface area (Å²) in [7, 11) is 2.13. The van der Waals surface area contributed by atoms with E-state index in [0.717, 1.165) is 78.9 Å². The number of fused-ring (bicyclic) bond motifs is 4. The van der Waals surface area contributed by atoms with Gasteiger partial charge in [0, 0.05) is 46.4 Å². The lowest BCUT2D eigenvalue weighted by atomic mass is 9.88. The Balaban J connectivity index is 1.16. The van der Waals surface area contributed by atoms with Gasteiger partial charge in [0.2, 0.25) is 0 Å². The fourth-order valence-corrected chi connectivity index (χ4v) is 9.03. The second kappa shape index (κ2) is 15.2. The van der Waals surface area contributed by atoms with Crippen LogP contribution in [0.25, 0.3) is 84.0 Å². The van der Waals surface area contributed by atoms with Crippen LogP contribution in [-0.4, -0.2) is 38.2 Å². The molecule has 10 aromatic rings. The van der Waals surface area contributed by atoms with Crippen molar-refractivity contribution in [2.45, 2.75) is 26.2 Å². The smallest absolute Gasteiger partial charge is 0.165 e. The van der Waals surface area contributed by atoms with Crippen molar-refractivity contribution in [2.24, 2.45) is 0 Å². The number of para-hydroxylation sites is 3. The predicted molar refractivity (Wildman–Crippen MR) is 260 cm³/mol. The quantitative estimate of drug-likeness (QED) is 0.160. The maximum atomic E-state index is 5.46. The molecule has 0 saturated heterocycles. The second-order valence-electron chi connectivity index (χ2n) is 17.3. The Bertz CT molecular complexity index is 3270. The topological polar surface area (TPSA) is 63.0 Å². The number of anilines is 3. The molecule has 0 amide bonds. The largest absolute Gasteiger partial charge is 0.355 e. The first-order valence-corrected chi connectivity index (χ1v) is 21.5.